The highest BCUT2D eigenvalue weighted by Crippen LogP contribution is 2.44. The van der Waals surface area contributed by atoms with E-state index >= 15 is 0 Å². The van der Waals surface area contributed by atoms with Crippen LogP contribution in [0.3, 0.4) is 0 Å². The SMILES string of the molecule is N#Cc1c(Br)c(C(F)(F)F)n(CCOC(=O)OCCn2c(-c3ccc(Cl)cc3)c(C#N)c(Br)c2C(F)(F)F)c1-c1ccc(Cl)cc1. The molecule has 2 aromatic carbocycles. The van der Waals surface area contributed by atoms with Gasteiger partial charge in [0.2, 0.25) is 0 Å². The standard InChI is InChI=1S/C29H16Br2Cl2F6N4O3/c30-21-19(13-40)23(15-1-5-17(32)6-2-15)42(25(21)28(34,35)36)9-11-45-27(44)46-12-10-43-24(16-3-7-18(33)8-4-16)20(14-41)22(31)26(43)29(37,38)39/h1-8H,9-12H2. The molecular formula is C29H16Br2Cl2F6N4O3. The van der Waals surface area contributed by atoms with Gasteiger partial charge in [0.05, 0.1) is 44.5 Å². The number of nitriles is 2. The molecule has 0 radical (unpaired) electrons. The monoisotopic (exact) mass is 810 g/mol. The van der Waals surface area contributed by atoms with E-state index in [0.717, 1.165) is 9.13 Å². The van der Waals surface area contributed by atoms with Crippen LogP contribution < -0.4 is 0 Å². The lowest BCUT2D eigenvalue weighted by Gasteiger charge is -2.17. The number of ether oxygens (including phenoxy) is 2. The number of carbonyl (C=O) groups is 1. The van der Waals surface area contributed by atoms with Gasteiger partial charge in [0, 0.05) is 10.0 Å². The van der Waals surface area contributed by atoms with Crippen LogP contribution in [0.15, 0.2) is 57.5 Å². The second-order valence-electron chi connectivity index (χ2n) is 9.26. The maximum Gasteiger partial charge on any atom is 0.508 e. The summed E-state index contributed by atoms with van der Waals surface area (Å²) in [4.78, 5) is 12.4. The highest BCUT2D eigenvalue weighted by atomic mass is 79.9. The minimum Gasteiger partial charge on any atom is -0.432 e. The van der Waals surface area contributed by atoms with E-state index in [4.69, 9.17) is 32.7 Å². The van der Waals surface area contributed by atoms with Gasteiger partial charge in [-0.3, -0.25) is 0 Å². The molecule has 0 spiro atoms. The molecule has 0 bridgehead atoms. The second-order valence-corrected chi connectivity index (χ2v) is 11.7. The topological polar surface area (TPSA) is 93.0 Å². The summed E-state index contributed by atoms with van der Waals surface area (Å²) >= 11 is 17.5. The number of rotatable bonds is 8. The van der Waals surface area contributed by atoms with E-state index in [1.165, 1.54) is 48.5 Å². The fourth-order valence-electron chi connectivity index (χ4n) is 4.68. The average molecular weight is 813 g/mol. The zero-order chi connectivity index (χ0) is 34.0. The molecule has 0 aliphatic heterocycles. The van der Waals surface area contributed by atoms with Crippen molar-refractivity contribution in [2.45, 2.75) is 25.4 Å². The Labute approximate surface area is 283 Å². The quantitative estimate of drug-likeness (QED) is 0.131. The van der Waals surface area contributed by atoms with Gasteiger partial charge in [0.15, 0.2) is 0 Å². The van der Waals surface area contributed by atoms with Crippen molar-refractivity contribution in [2.75, 3.05) is 13.2 Å². The van der Waals surface area contributed by atoms with E-state index in [1.54, 1.807) is 12.1 Å². The minimum absolute atomic E-state index is 0.115. The highest BCUT2D eigenvalue weighted by molar-refractivity contribution is 9.11. The molecule has 0 aliphatic rings. The summed E-state index contributed by atoms with van der Waals surface area (Å²) in [7, 11) is 0. The number of hydrogen-bond acceptors (Lipinski definition) is 5. The predicted octanol–water partition coefficient (Wildman–Crippen LogP) is 10.1. The predicted molar refractivity (Wildman–Crippen MR) is 162 cm³/mol. The lowest BCUT2D eigenvalue weighted by Crippen LogP contribution is -2.21. The van der Waals surface area contributed by atoms with E-state index in [0.29, 0.717) is 10.0 Å². The number of hydrogen-bond donors (Lipinski definition) is 0. The van der Waals surface area contributed by atoms with Gasteiger partial charge in [0.25, 0.3) is 0 Å². The molecule has 17 heteroatoms. The van der Waals surface area contributed by atoms with Crippen molar-refractivity contribution in [2.24, 2.45) is 0 Å². The molecule has 4 rings (SSSR count). The van der Waals surface area contributed by atoms with E-state index < -0.39 is 65.1 Å². The first kappa shape index (κ1) is 35.2. The third kappa shape index (κ3) is 7.33. The summed E-state index contributed by atoms with van der Waals surface area (Å²) < 4.78 is 94.7. The van der Waals surface area contributed by atoms with Crippen LogP contribution in [-0.4, -0.2) is 28.5 Å². The Morgan fingerprint density at radius 3 is 1.30 bits per heavy atom. The molecule has 0 aliphatic carbocycles. The van der Waals surface area contributed by atoms with Crippen LogP contribution in [0.1, 0.15) is 22.5 Å². The first-order valence-electron chi connectivity index (χ1n) is 12.7. The van der Waals surface area contributed by atoms with Gasteiger partial charge >= 0.3 is 18.5 Å². The van der Waals surface area contributed by atoms with Crippen molar-refractivity contribution in [3.8, 4) is 34.7 Å². The van der Waals surface area contributed by atoms with Crippen molar-refractivity contribution in [1.29, 1.82) is 10.5 Å². The van der Waals surface area contributed by atoms with Crippen molar-refractivity contribution in [3.63, 3.8) is 0 Å². The summed E-state index contributed by atoms with van der Waals surface area (Å²) in [6.07, 6.45) is -11.2. The second kappa shape index (κ2) is 14.0. The average Bonchev–Trinajstić information content (AvgIpc) is 3.43. The summed E-state index contributed by atoms with van der Waals surface area (Å²) in [5.74, 6) is 0. The molecule has 2 aromatic heterocycles. The molecule has 0 amide bonds. The normalized spacial score (nSPS) is 11.7. The Kier molecular flexibility index (Phi) is 10.7. The third-order valence-corrected chi connectivity index (χ3v) is 8.52. The molecule has 7 nitrogen and oxygen atoms in total. The van der Waals surface area contributed by atoms with Crippen LogP contribution in [-0.2, 0) is 34.9 Å². The van der Waals surface area contributed by atoms with Crippen LogP contribution in [0.4, 0.5) is 31.1 Å². The summed E-state index contributed by atoms with van der Waals surface area (Å²) in [6.45, 7) is -2.47. The first-order chi connectivity index (χ1) is 21.6. The molecule has 46 heavy (non-hydrogen) atoms. The molecule has 0 atom stereocenters. The van der Waals surface area contributed by atoms with Gasteiger partial charge in [-0.25, -0.2) is 4.79 Å². The number of alkyl halides is 6. The van der Waals surface area contributed by atoms with Crippen molar-refractivity contribution >= 4 is 61.2 Å². The fourth-order valence-corrected chi connectivity index (χ4v) is 6.36. The van der Waals surface area contributed by atoms with Crippen LogP contribution in [0.2, 0.25) is 10.0 Å². The van der Waals surface area contributed by atoms with Gasteiger partial charge in [-0.2, -0.15) is 36.9 Å². The van der Waals surface area contributed by atoms with Crippen molar-refractivity contribution in [3.05, 3.63) is 90.0 Å². The number of benzene rings is 2. The zero-order valence-corrected chi connectivity index (χ0v) is 27.4. The molecule has 0 saturated carbocycles. The third-order valence-electron chi connectivity index (χ3n) is 6.47. The molecule has 240 valence electrons. The maximum absolute atomic E-state index is 14.1. The lowest BCUT2D eigenvalue weighted by atomic mass is 10.1. The Hall–Kier alpha value is -3.63. The summed E-state index contributed by atoms with van der Waals surface area (Å²) in [6, 6.07) is 14.9. The van der Waals surface area contributed by atoms with Crippen LogP contribution in [0.25, 0.3) is 22.5 Å². The number of halogens is 10. The van der Waals surface area contributed by atoms with E-state index in [2.05, 4.69) is 31.9 Å². The smallest absolute Gasteiger partial charge is 0.432 e. The van der Waals surface area contributed by atoms with Gasteiger partial charge in [-0.15, -0.1) is 0 Å². The van der Waals surface area contributed by atoms with Gasteiger partial charge in [-0.05, 0) is 67.3 Å². The van der Waals surface area contributed by atoms with Crippen molar-refractivity contribution < 1.29 is 40.6 Å². The number of aromatic nitrogens is 2. The number of nitrogens with zero attached hydrogens (tertiary/aromatic N) is 4. The fraction of sp³-hybridized carbons (Fsp3) is 0.207. The molecule has 0 fully saturated rings. The first-order valence-corrected chi connectivity index (χ1v) is 15.0. The zero-order valence-electron chi connectivity index (χ0n) is 22.7. The summed E-state index contributed by atoms with van der Waals surface area (Å²) in [5, 5.41) is 19.9. The van der Waals surface area contributed by atoms with E-state index in [9.17, 15) is 41.7 Å². The Balaban J connectivity index is 1.54. The van der Waals surface area contributed by atoms with Gasteiger partial charge in [0.1, 0.15) is 36.7 Å². The van der Waals surface area contributed by atoms with Crippen molar-refractivity contribution in [1.82, 2.24) is 9.13 Å². The Bertz CT molecular complexity index is 1720. The highest BCUT2D eigenvalue weighted by Gasteiger charge is 2.42. The molecule has 2 heterocycles. The maximum atomic E-state index is 14.1. The Morgan fingerprint density at radius 1 is 0.696 bits per heavy atom. The molecule has 0 unspecified atom stereocenters. The van der Waals surface area contributed by atoms with Crippen LogP contribution in [0, 0.1) is 22.7 Å². The Morgan fingerprint density at radius 2 is 1.02 bits per heavy atom. The van der Waals surface area contributed by atoms with Gasteiger partial charge < -0.3 is 18.6 Å². The van der Waals surface area contributed by atoms with E-state index in [1.807, 2.05) is 0 Å². The van der Waals surface area contributed by atoms with Gasteiger partial charge in [-0.1, -0.05) is 47.5 Å². The molecule has 4 aromatic rings. The largest absolute Gasteiger partial charge is 0.508 e. The molecular weight excluding hydrogens is 797 g/mol. The number of carbonyl (C=O) groups excluding carboxylic acids is 1. The lowest BCUT2D eigenvalue weighted by molar-refractivity contribution is -0.144. The van der Waals surface area contributed by atoms with Crippen LogP contribution >= 0.6 is 55.1 Å². The van der Waals surface area contributed by atoms with Crippen LogP contribution in [0.5, 0.6) is 0 Å². The molecule has 0 saturated heterocycles. The van der Waals surface area contributed by atoms with E-state index in [-0.39, 0.29) is 33.6 Å². The summed E-state index contributed by atoms with van der Waals surface area (Å²) in [5.41, 5.74) is -2.81. The minimum atomic E-state index is -4.92. The molecule has 0 N–H and O–H groups in total.